The van der Waals surface area contributed by atoms with Crippen LogP contribution in [0.1, 0.15) is 22.5 Å². The smallest absolute Gasteiger partial charge is 0.188 e. The van der Waals surface area contributed by atoms with Gasteiger partial charge in [-0.05, 0) is 53.6 Å². The van der Waals surface area contributed by atoms with Gasteiger partial charge in [-0.3, -0.25) is 0 Å². The minimum atomic E-state index is 0.204. The predicted molar refractivity (Wildman–Crippen MR) is 146 cm³/mol. The fourth-order valence-corrected chi connectivity index (χ4v) is 3.40. The molecule has 0 unspecified atom stereocenters. The summed E-state index contributed by atoms with van der Waals surface area (Å²) in [4.78, 5) is 12.8. The first-order valence-electron chi connectivity index (χ1n) is 11.5. The molecule has 0 bridgehead atoms. The molecule has 0 aliphatic heterocycles. The fourth-order valence-electron chi connectivity index (χ4n) is 3.40. The highest BCUT2D eigenvalue weighted by atomic mass is 16.7. The van der Waals surface area contributed by atoms with Gasteiger partial charge in [0.15, 0.2) is 13.6 Å². The molecule has 0 aliphatic rings. The Bertz CT molecular complexity index is 1100. The van der Waals surface area contributed by atoms with Crippen molar-refractivity contribution in [3.8, 4) is 11.5 Å². The molecule has 3 aromatic rings. The minimum Gasteiger partial charge on any atom is -0.465 e. The number of nitrogens with zero attached hydrogens (tertiary/aromatic N) is 4. The Kier molecular flexibility index (Phi) is 9.85. The largest absolute Gasteiger partial charge is 0.465 e. The van der Waals surface area contributed by atoms with E-state index in [1.54, 1.807) is 20.5 Å². The molecule has 8 nitrogen and oxygen atoms in total. The molecule has 0 atom stereocenters. The topological polar surface area (TPSA) is 69.2 Å². The van der Waals surface area contributed by atoms with Crippen molar-refractivity contribution in [2.75, 3.05) is 65.8 Å². The van der Waals surface area contributed by atoms with Gasteiger partial charge in [0.25, 0.3) is 0 Å². The zero-order chi connectivity index (χ0) is 25.9. The van der Waals surface area contributed by atoms with E-state index in [-0.39, 0.29) is 13.6 Å². The van der Waals surface area contributed by atoms with Gasteiger partial charge in [0, 0.05) is 42.4 Å². The van der Waals surface area contributed by atoms with Gasteiger partial charge in [-0.1, -0.05) is 24.3 Å². The Morgan fingerprint density at radius 2 is 1.08 bits per heavy atom. The first kappa shape index (κ1) is 26.7. The van der Waals surface area contributed by atoms with Crippen LogP contribution in [0.15, 0.2) is 48.8 Å². The summed E-state index contributed by atoms with van der Waals surface area (Å²) in [5.74, 6) is 1.54. The van der Waals surface area contributed by atoms with E-state index in [9.17, 15) is 0 Å². The van der Waals surface area contributed by atoms with Gasteiger partial charge in [-0.25, -0.2) is 9.97 Å². The highest BCUT2D eigenvalue weighted by Crippen LogP contribution is 2.30. The summed E-state index contributed by atoms with van der Waals surface area (Å²) < 4.78 is 21.4. The second-order valence-corrected chi connectivity index (χ2v) is 8.38. The van der Waals surface area contributed by atoms with Crippen LogP contribution in [0.4, 0.5) is 11.4 Å². The lowest BCUT2D eigenvalue weighted by atomic mass is 10.1. The lowest BCUT2D eigenvalue weighted by Gasteiger charge is -2.18. The van der Waals surface area contributed by atoms with Gasteiger partial charge in [0.1, 0.15) is 17.8 Å². The number of rotatable bonds is 12. The molecule has 0 aliphatic carbocycles. The summed E-state index contributed by atoms with van der Waals surface area (Å²) in [6.07, 6.45) is 9.54. The Morgan fingerprint density at radius 1 is 0.639 bits per heavy atom. The Hall–Kier alpha value is -3.88. The summed E-state index contributed by atoms with van der Waals surface area (Å²) in [7, 11) is 11.1. The lowest BCUT2D eigenvalue weighted by Crippen LogP contribution is -2.11. The number of methoxy groups -OCH3 is 2. The van der Waals surface area contributed by atoms with E-state index in [0.29, 0.717) is 0 Å². The van der Waals surface area contributed by atoms with Crippen LogP contribution in [0, 0.1) is 0 Å². The number of ether oxygens (including phenoxy) is 4. The van der Waals surface area contributed by atoms with E-state index in [2.05, 4.69) is 22.1 Å². The summed E-state index contributed by atoms with van der Waals surface area (Å²) in [5, 5.41) is 0. The maximum absolute atomic E-state index is 5.66. The van der Waals surface area contributed by atoms with Crippen molar-refractivity contribution in [2.45, 2.75) is 0 Å². The summed E-state index contributed by atoms with van der Waals surface area (Å²) in [6, 6.07) is 13.9. The van der Waals surface area contributed by atoms with E-state index in [0.717, 1.165) is 45.4 Å². The predicted octanol–water partition coefficient (Wildman–Crippen LogP) is 4.91. The number of benzene rings is 2. The lowest BCUT2D eigenvalue weighted by molar-refractivity contribution is 0.0513. The van der Waals surface area contributed by atoms with E-state index < -0.39 is 0 Å². The Labute approximate surface area is 213 Å². The number of hydrogen-bond donors (Lipinski definition) is 0. The van der Waals surface area contributed by atoms with Crippen LogP contribution < -0.4 is 19.3 Å². The van der Waals surface area contributed by atoms with E-state index in [4.69, 9.17) is 18.9 Å². The third-order valence-electron chi connectivity index (χ3n) is 5.20. The quantitative estimate of drug-likeness (QED) is 0.332. The van der Waals surface area contributed by atoms with Crippen molar-refractivity contribution in [1.82, 2.24) is 9.97 Å². The third-order valence-corrected chi connectivity index (χ3v) is 5.20. The SMILES string of the molecule is COCOc1ccc(C=Cc2cc(C=Cc3ccc(OCOC)c(N(C)C)c3)ncn2)cc1N(C)C. The van der Waals surface area contributed by atoms with Crippen molar-refractivity contribution in [1.29, 1.82) is 0 Å². The molecule has 0 spiro atoms. The maximum atomic E-state index is 5.66. The molecule has 0 fully saturated rings. The van der Waals surface area contributed by atoms with Gasteiger partial charge < -0.3 is 28.7 Å². The monoisotopic (exact) mass is 490 g/mol. The molecule has 0 amide bonds. The molecule has 36 heavy (non-hydrogen) atoms. The van der Waals surface area contributed by atoms with Crippen molar-refractivity contribution in [3.05, 3.63) is 71.3 Å². The van der Waals surface area contributed by atoms with E-state index in [1.165, 1.54) is 0 Å². The first-order chi connectivity index (χ1) is 17.4. The summed E-state index contributed by atoms with van der Waals surface area (Å²) in [5.41, 5.74) is 5.63. The normalized spacial score (nSPS) is 11.3. The molecule has 0 radical (unpaired) electrons. The highest BCUT2D eigenvalue weighted by molar-refractivity contribution is 5.75. The zero-order valence-corrected chi connectivity index (χ0v) is 21.8. The molecule has 0 saturated heterocycles. The van der Waals surface area contributed by atoms with Crippen molar-refractivity contribution in [3.63, 3.8) is 0 Å². The summed E-state index contributed by atoms with van der Waals surface area (Å²) in [6.45, 7) is 0.408. The van der Waals surface area contributed by atoms with Crippen molar-refractivity contribution >= 4 is 35.7 Å². The minimum absolute atomic E-state index is 0.204. The maximum Gasteiger partial charge on any atom is 0.188 e. The number of hydrogen-bond acceptors (Lipinski definition) is 8. The van der Waals surface area contributed by atoms with Crippen LogP contribution in [-0.2, 0) is 9.47 Å². The molecule has 3 rings (SSSR count). The molecule has 2 aromatic carbocycles. The van der Waals surface area contributed by atoms with Gasteiger partial charge in [0.05, 0.1) is 22.8 Å². The van der Waals surface area contributed by atoms with E-state index in [1.807, 2.05) is 92.6 Å². The van der Waals surface area contributed by atoms with Crippen LogP contribution >= 0.6 is 0 Å². The molecular formula is C28H34N4O4. The molecule has 8 heteroatoms. The molecule has 0 saturated carbocycles. The Balaban J connectivity index is 1.76. The second-order valence-electron chi connectivity index (χ2n) is 8.38. The van der Waals surface area contributed by atoms with Crippen LogP contribution in [0.2, 0.25) is 0 Å². The molecule has 1 heterocycles. The van der Waals surface area contributed by atoms with Crippen LogP contribution in [0.3, 0.4) is 0 Å². The first-order valence-corrected chi connectivity index (χ1v) is 11.5. The molecule has 1 aromatic heterocycles. The van der Waals surface area contributed by atoms with Gasteiger partial charge >= 0.3 is 0 Å². The van der Waals surface area contributed by atoms with Crippen LogP contribution in [0.5, 0.6) is 11.5 Å². The van der Waals surface area contributed by atoms with Gasteiger partial charge in [-0.15, -0.1) is 0 Å². The van der Waals surface area contributed by atoms with Crippen molar-refractivity contribution < 1.29 is 18.9 Å². The van der Waals surface area contributed by atoms with Gasteiger partial charge in [0.2, 0.25) is 0 Å². The zero-order valence-electron chi connectivity index (χ0n) is 21.8. The van der Waals surface area contributed by atoms with Crippen molar-refractivity contribution in [2.24, 2.45) is 0 Å². The number of anilines is 2. The summed E-state index contributed by atoms with van der Waals surface area (Å²) >= 11 is 0. The van der Waals surface area contributed by atoms with E-state index >= 15 is 0 Å². The average Bonchev–Trinajstić information content (AvgIpc) is 2.88. The molecular weight excluding hydrogens is 456 g/mol. The van der Waals surface area contributed by atoms with Crippen LogP contribution in [-0.4, -0.2) is 66.0 Å². The molecule has 0 N–H and O–H groups in total. The molecule has 190 valence electrons. The average molecular weight is 491 g/mol. The van der Waals surface area contributed by atoms with Crippen LogP contribution in [0.25, 0.3) is 24.3 Å². The highest BCUT2D eigenvalue weighted by Gasteiger charge is 2.08. The standard InChI is InChI=1S/C28H34N4O4/c1-31(2)25-15-21(9-13-27(25)35-19-33-5)7-11-23-17-24(30-18-29-23)12-8-22-10-14-28(36-20-34-6)26(16-22)32(3)4/h7-18H,19-20H2,1-6H3. The second kappa shape index (κ2) is 13.3. The Morgan fingerprint density at radius 3 is 1.47 bits per heavy atom. The fraction of sp³-hybridized carbons (Fsp3) is 0.286. The number of aromatic nitrogens is 2. The third kappa shape index (κ3) is 7.56. The van der Waals surface area contributed by atoms with Gasteiger partial charge in [-0.2, -0.15) is 0 Å².